The number of amides is 1. The second kappa shape index (κ2) is 5.94. The van der Waals surface area contributed by atoms with Crippen molar-refractivity contribution in [2.24, 2.45) is 0 Å². The first-order valence-electron chi connectivity index (χ1n) is 7.15. The third-order valence-corrected chi connectivity index (χ3v) is 3.53. The molecule has 1 amide bonds. The Morgan fingerprint density at radius 3 is 2.59 bits per heavy atom. The molecule has 1 saturated heterocycles. The minimum atomic E-state index is -1.08. The normalized spacial score (nSPS) is 21.7. The zero-order valence-electron chi connectivity index (χ0n) is 12.9. The number of hydrogen-bond donors (Lipinski definition) is 1. The van der Waals surface area contributed by atoms with Gasteiger partial charge in [0.1, 0.15) is 17.5 Å². The maximum atomic E-state index is 13.3. The predicted octanol–water partition coefficient (Wildman–Crippen LogP) is 3.00. The summed E-state index contributed by atoms with van der Waals surface area (Å²) in [4.78, 5) is 24.8. The average Bonchev–Trinajstić information content (AvgIpc) is 2.82. The molecule has 1 heterocycles. The zero-order valence-corrected chi connectivity index (χ0v) is 12.9. The van der Waals surface area contributed by atoms with Crippen LogP contribution in [-0.4, -0.2) is 40.3 Å². The van der Waals surface area contributed by atoms with Crippen LogP contribution in [0.4, 0.5) is 9.18 Å². The lowest BCUT2D eigenvalue weighted by Crippen LogP contribution is -2.43. The molecule has 120 valence electrons. The van der Waals surface area contributed by atoms with Crippen LogP contribution < -0.4 is 0 Å². The minimum absolute atomic E-state index is 0.204. The smallest absolute Gasteiger partial charge is 0.411 e. The molecule has 0 bridgehead atoms. The fraction of sp³-hybridized carbons (Fsp3) is 0.500. The van der Waals surface area contributed by atoms with E-state index in [0.29, 0.717) is 5.56 Å². The van der Waals surface area contributed by atoms with Crippen LogP contribution >= 0.6 is 0 Å². The zero-order chi connectivity index (χ0) is 16.5. The highest BCUT2D eigenvalue weighted by Gasteiger charge is 2.42. The SMILES string of the molecule is CC(C)(C)OC(=O)N1C[C@H](c2cccc(F)c2)C[C@@H]1C(=O)O. The molecule has 0 radical (unpaired) electrons. The van der Waals surface area contributed by atoms with Gasteiger partial charge in [-0.15, -0.1) is 0 Å². The van der Waals surface area contributed by atoms with Crippen molar-refractivity contribution in [3.63, 3.8) is 0 Å². The summed E-state index contributed by atoms with van der Waals surface area (Å²) < 4.78 is 18.6. The van der Waals surface area contributed by atoms with E-state index < -0.39 is 23.7 Å². The second-order valence-corrected chi connectivity index (χ2v) is 6.47. The van der Waals surface area contributed by atoms with Crippen LogP contribution in [0.3, 0.4) is 0 Å². The quantitative estimate of drug-likeness (QED) is 0.912. The van der Waals surface area contributed by atoms with E-state index >= 15 is 0 Å². The molecular formula is C16H20FNO4. The third kappa shape index (κ3) is 3.75. The average molecular weight is 309 g/mol. The number of likely N-dealkylation sites (tertiary alicyclic amines) is 1. The summed E-state index contributed by atoms with van der Waals surface area (Å²) >= 11 is 0. The number of hydrogen-bond acceptors (Lipinski definition) is 3. The van der Waals surface area contributed by atoms with Crippen LogP contribution in [0.5, 0.6) is 0 Å². The summed E-state index contributed by atoms with van der Waals surface area (Å²) in [5, 5.41) is 9.33. The maximum absolute atomic E-state index is 13.3. The van der Waals surface area contributed by atoms with Crippen molar-refractivity contribution < 1.29 is 23.8 Å². The van der Waals surface area contributed by atoms with Gasteiger partial charge in [-0.3, -0.25) is 4.90 Å². The lowest BCUT2D eigenvalue weighted by atomic mass is 9.96. The molecule has 5 nitrogen and oxygen atoms in total. The van der Waals surface area contributed by atoms with Crippen LogP contribution in [0.1, 0.15) is 38.7 Å². The van der Waals surface area contributed by atoms with E-state index in [1.807, 2.05) is 0 Å². The van der Waals surface area contributed by atoms with Gasteiger partial charge in [-0.2, -0.15) is 0 Å². The lowest BCUT2D eigenvalue weighted by molar-refractivity contribution is -0.142. The topological polar surface area (TPSA) is 66.8 Å². The van der Waals surface area contributed by atoms with Gasteiger partial charge in [0.25, 0.3) is 0 Å². The summed E-state index contributed by atoms with van der Waals surface area (Å²) in [7, 11) is 0. The number of carboxylic acids is 1. The number of carbonyl (C=O) groups excluding carboxylic acids is 1. The largest absolute Gasteiger partial charge is 0.480 e. The van der Waals surface area contributed by atoms with Crippen LogP contribution in [0, 0.1) is 5.82 Å². The summed E-state index contributed by atoms with van der Waals surface area (Å²) in [6.45, 7) is 5.37. The molecule has 0 saturated carbocycles. The Labute approximate surface area is 128 Å². The van der Waals surface area contributed by atoms with Gasteiger partial charge in [-0.05, 0) is 44.9 Å². The van der Waals surface area contributed by atoms with Gasteiger partial charge in [0.2, 0.25) is 0 Å². The predicted molar refractivity (Wildman–Crippen MR) is 78.1 cm³/mol. The number of benzene rings is 1. The maximum Gasteiger partial charge on any atom is 0.411 e. The molecular weight excluding hydrogens is 289 g/mol. The summed E-state index contributed by atoms with van der Waals surface area (Å²) in [5.74, 6) is -1.67. The molecule has 1 aromatic rings. The molecule has 1 aromatic carbocycles. The number of carboxylic acid groups (broad SMARTS) is 1. The number of nitrogens with zero attached hydrogens (tertiary/aromatic N) is 1. The van der Waals surface area contributed by atoms with E-state index in [-0.39, 0.29) is 24.7 Å². The van der Waals surface area contributed by atoms with Crippen molar-refractivity contribution in [1.29, 1.82) is 0 Å². The lowest BCUT2D eigenvalue weighted by Gasteiger charge is -2.26. The van der Waals surface area contributed by atoms with Gasteiger partial charge >= 0.3 is 12.1 Å². The first-order valence-corrected chi connectivity index (χ1v) is 7.15. The summed E-state index contributed by atoms with van der Waals surface area (Å²) in [5.41, 5.74) is -0.00539. The molecule has 0 aliphatic carbocycles. The Bertz CT molecular complexity index is 582. The van der Waals surface area contributed by atoms with Crippen LogP contribution in [0.25, 0.3) is 0 Å². The third-order valence-electron chi connectivity index (χ3n) is 3.53. The molecule has 22 heavy (non-hydrogen) atoms. The van der Waals surface area contributed by atoms with Crippen molar-refractivity contribution in [2.75, 3.05) is 6.54 Å². The Balaban J connectivity index is 2.19. The monoisotopic (exact) mass is 309 g/mol. The highest BCUT2D eigenvalue weighted by atomic mass is 19.1. The number of halogens is 1. The number of carbonyl (C=O) groups is 2. The van der Waals surface area contributed by atoms with Crippen molar-refractivity contribution >= 4 is 12.1 Å². The molecule has 0 unspecified atom stereocenters. The Morgan fingerprint density at radius 2 is 2.05 bits per heavy atom. The van der Waals surface area contributed by atoms with Crippen molar-refractivity contribution in [1.82, 2.24) is 4.90 Å². The molecule has 2 atom stereocenters. The molecule has 1 aliphatic rings. The fourth-order valence-corrected chi connectivity index (χ4v) is 2.59. The van der Waals surface area contributed by atoms with E-state index in [1.165, 1.54) is 17.0 Å². The van der Waals surface area contributed by atoms with Gasteiger partial charge in [-0.1, -0.05) is 12.1 Å². The Hall–Kier alpha value is -2.11. The van der Waals surface area contributed by atoms with Gasteiger partial charge in [0.15, 0.2) is 0 Å². The van der Waals surface area contributed by atoms with Gasteiger partial charge in [0, 0.05) is 12.5 Å². The molecule has 2 rings (SSSR count). The molecule has 1 fully saturated rings. The standard InChI is InChI=1S/C16H20FNO4/c1-16(2,3)22-15(21)18-9-11(8-13(18)14(19)20)10-5-4-6-12(17)7-10/h4-7,11,13H,8-9H2,1-3H3,(H,19,20)/t11-,13-/m1/s1. The molecule has 1 N–H and O–H groups in total. The van der Waals surface area contributed by atoms with Crippen molar-refractivity contribution in [3.8, 4) is 0 Å². The second-order valence-electron chi connectivity index (χ2n) is 6.47. The molecule has 1 aliphatic heterocycles. The summed E-state index contributed by atoms with van der Waals surface area (Å²) in [6, 6.07) is 5.08. The van der Waals surface area contributed by atoms with Crippen molar-refractivity contribution in [3.05, 3.63) is 35.6 Å². The van der Waals surface area contributed by atoms with E-state index in [9.17, 15) is 19.1 Å². The summed E-state index contributed by atoms with van der Waals surface area (Å²) in [6.07, 6.45) is -0.406. The van der Waals surface area contributed by atoms with Crippen LogP contribution in [0.15, 0.2) is 24.3 Å². The fourth-order valence-electron chi connectivity index (χ4n) is 2.59. The minimum Gasteiger partial charge on any atom is -0.480 e. The Kier molecular flexibility index (Phi) is 4.39. The number of aliphatic carboxylic acids is 1. The van der Waals surface area contributed by atoms with E-state index in [2.05, 4.69) is 0 Å². The van der Waals surface area contributed by atoms with Gasteiger partial charge in [-0.25, -0.2) is 14.0 Å². The molecule has 6 heteroatoms. The van der Waals surface area contributed by atoms with Crippen molar-refractivity contribution in [2.45, 2.75) is 44.8 Å². The van der Waals surface area contributed by atoms with Gasteiger partial charge in [0.05, 0.1) is 0 Å². The highest BCUT2D eigenvalue weighted by molar-refractivity contribution is 5.81. The first-order chi connectivity index (χ1) is 10.2. The highest BCUT2D eigenvalue weighted by Crippen LogP contribution is 2.33. The first kappa shape index (κ1) is 16.3. The van der Waals surface area contributed by atoms with Gasteiger partial charge < -0.3 is 9.84 Å². The molecule has 0 spiro atoms. The molecule has 0 aromatic heterocycles. The van der Waals surface area contributed by atoms with Crippen LogP contribution in [0.2, 0.25) is 0 Å². The van der Waals surface area contributed by atoms with E-state index in [0.717, 1.165) is 0 Å². The van der Waals surface area contributed by atoms with E-state index in [4.69, 9.17) is 4.74 Å². The van der Waals surface area contributed by atoms with Crippen LogP contribution in [-0.2, 0) is 9.53 Å². The Morgan fingerprint density at radius 1 is 1.36 bits per heavy atom. The number of ether oxygens (including phenoxy) is 1. The van der Waals surface area contributed by atoms with E-state index in [1.54, 1.807) is 32.9 Å². The number of rotatable bonds is 2.